The van der Waals surface area contributed by atoms with Gasteiger partial charge in [-0.2, -0.15) is 5.10 Å². The van der Waals surface area contributed by atoms with E-state index in [0.717, 1.165) is 50.8 Å². The summed E-state index contributed by atoms with van der Waals surface area (Å²) in [7, 11) is 0. The van der Waals surface area contributed by atoms with Crippen LogP contribution in [0, 0.1) is 6.92 Å². The van der Waals surface area contributed by atoms with E-state index in [1.807, 2.05) is 45.9 Å². The number of piperazine rings is 1. The molecule has 4 rings (SSSR count). The smallest absolute Gasteiger partial charge is 0.256 e. The summed E-state index contributed by atoms with van der Waals surface area (Å²) in [6, 6.07) is 12.0. The molecule has 30 heavy (non-hydrogen) atoms. The maximum Gasteiger partial charge on any atom is 0.256 e. The fraction of sp³-hybridized carbons (Fsp3) is 0.391. The predicted molar refractivity (Wildman–Crippen MR) is 119 cm³/mol. The van der Waals surface area contributed by atoms with Gasteiger partial charge in [0, 0.05) is 51.7 Å². The van der Waals surface area contributed by atoms with E-state index in [0.29, 0.717) is 12.1 Å². The van der Waals surface area contributed by atoms with E-state index in [4.69, 9.17) is 0 Å². The standard InChI is InChI=1S/C23H30N6O/c1-3-26-14-16-27(17-15-26)13-10-24-22(30)21-18-25-29(20-8-6-19(2)7-9-20)23(21)28-11-4-5-12-28/h4-9,11-12,18H,3,10,13-17H2,1-2H3,(H,24,30). The van der Waals surface area contributed by atoms with Crippen LogP contribution in [0.1, 0.15) is 22.8 Å². The van der Waals surface area contributed by atoms with Crippen LogP contribution >= 0.6 is 0 Å². The number of carbonyl (C=O) groups excluding carboxylic acids is 1. The largest absolute Gasteiger partial charge is 0.351 e. The molecule has 1 fully saturated rings. The van der Waals surface area contributed by atoms with Crippen LogP contribution in [-0.4, -0.2) is 75.9 Å². The van der Waals surface area contributed by atoms with Crippen molar-refractivity contribution in [2.75, 3.05) is 45.8 Å². The topological polar surface area (TPSA) is 58.3 Å². The van der Waals surface area contributed by atoms with Crippen LogP contribution < -0.4 is 5.32 Å². The molecule has 0 spiro atoms. The van der Waals surface area contributed by atoms with Crippen LogP contribution in [0.4, 0.5) is 0 Å². The summed E-state index contributed by atoms with van der Waals surface area (Å²) in [6.45, 7) is 11.2. The molecule has 1 saturated heterocycles. The Labute approximate surface area is 177 Å². The van der Waals surface area contributed by atoms with Crippen LogP contribution in [0.5, 0.6) is 0 Å². The molecule has 0 bridgehead atoms. The van der Waals surface area contributed by atoms with Crippen LogP contribution in [0.15, 0.2) is 55.0 Å². The number of aromatic nitrogens is 3. The second-order valence-corrected chi connectivity index (χ2v) is 7.75. The lowest BCUT2D eigenvalue weighted by atomic mass is 10.2. The maximum atomic E-state index is 13.0. The lowest BCUT2D eigenvalue weighted by Crippen LogP contribution is -2.48. The molecule has 158 valence electrons. The first-order valence-corrected chi connectivity index (χ1v) is 10.7. The minimum atomic E-state index is -0.0933. The van der Waals surface area contributed by atoms with Crippen molar-refractivity contribution in [1.29, 1.82) is 0 Å². The van der Waals surface area contributed by atoms with Gasteiger partial charge in [0.2, 0.25) is 0 Å². The number of benzene rings is 1. The lowest BCUT2D eigenvalue weighted by Gasteiger charge is -2.33. The van der Waals surface area contributed by atoms with E-state index >= 15 is 0 Å². The van der Waals surface area contributed by atoms with Crippen LogP contribution in [-0.2, 0) is 0 Å². The molecule has 1 aliphatic heterocycles. The third-order valence-corrected chi connectivity index (χ3v) is 5.74. The van der Waals surface area contributed by atoms with Gasteiger partial charge < -0.3 is 14.8 Å². The number of carbonyl (C=O) groups is 1. The highest BCUT2D eigenvalue weighted by Gasteiger charge is 2.20. The molecule has 1 aliphatic rings. The first-order chi connectivity index (χ1) is 14.7. The van der Waals surface area contributed by atoms with Crippen molar-refractivity contribution >= 4 is 5.91 Å². The minimum absolute atomic E-state index is 0.0933. The second kappa shape index (κ2) is 9.28. The summed E-state index contributed by atoms with van der Waals surface area (Å²) in [6.07, 6.45) is 5.53. The third-order valence-electron chi connectivity index (χ3n) is 5.74. The number of nitrogens with one attached hydrogen (secondary N) is 1. The van der Waals surface area contributed by atoms with E-state index < -0.39 is 0 Å². The summed E-state index contributed by atoms with van der Waals surface area (Å²) < 4.78 is 3.75. The summed E-state index contributed by atoms with van der Waals surface area (Å²) >= 11 is 0. The fourth-order valence-electron chi connectivity index (χ4n) is 3.85. The SMILES string of the molecule is CCN1CCN(CCNC(=O)c2cnn(-c3ccc(C)cc3)c2-n2cccc2)CC1. The van der Waals surface area contributed by atoms with Crippen molar-refractivity contribution in [2.24, 2.45) is 0 Å². The van der Waals surface area contributed by atoms with Crippen molar-refractivity contribution in [1.82, 2.24) is 29.5 Å². The van der Waals surface area contributed by atoms with Gasteiger partial charge in [-0.05, 0) is 37.7 Å². The van der Waals surface area contributed by atoms with E-state index in [1.165, 1.54) is 5.56 Å². The highest BCUT2D eigenvalue weighted by Crippen LogP contribution is 2.20. The Morgan fingerprint density at radius 1 is 1.03 bits per heavy atom. The van der Waals surface area contributed by atoms with Gasteiger partial charge in [-0.3, -0.25) is 9.69 Å². The number of rotatable bonds is 7. The fourth-order valence-corrected chi connectivity index (χ4v) is 3.85. The molecular formula is C23H30N6O. The number of hydrogen-bond donors (Lipinski definition) is 1. The molecule has 1 aromatic carbocycles. The summed E-state index contributed by atoms with van der Waals surface area (Å²) in [5, 5.41) is 7.61. The number of amides is 1. The summed E-state index contributed by atoms with van der Waals surface area (Å²) in [5.41, 5.74) is 2.69. The molecule has 3 aromatic rings. The molecule has 7 nitrogen and oxygen atoms in total. The van der Waals surface area contributed by atoms with E-state index in [-0.39, 0.29) is 5.91 Å². The molecular weight excluding hydrogens is 376 g/mol. The third kappa shape index (κ3) is 4.47. The zero-order chi connectivity index (χ0) is 20.9. The Balaban J connectivity index is 1.47. The Morgan fingerprint density at radius 3 is 2.37 bits per heavy atom. The average molecular weight is 407 g/mol. The van der Waals surface area contributed by atoms with Crippen molar-refractivity contribution in [2.45, 2.75) is 13.8 Å². The zero-order valence-corrected chi connectivity index (χ0v) is 17.8. The van der Waals surface area contributed by atoms with E-state index in [9.17, 15) is 4.79 Å². The maximum absolute atomic E-state index is 13.0. The average Bonchev–Trinajstić information content (AvgIpc) is 3.44. The molecule has 7 heteroatoms. The second-order valence-electron chi connectivity index (χ2n) is 7.75. The van der Waals surface area contributed by atoms with Crippen LogP contribution in [0.2, 0.25) is 0 Å². The molecule has 0 saturated carbocycles. The van der Waals surface area contributed by atoms with Crippen molar-refractivity contribution in [3.63, 3.8) is 0 Å². The van der Waals surface area contributed by atoms with Crippen LogP contribution in [0.25, 0.3) is 11.5 Å². The van der Waals surface area contributed by atoms with Gasteiger partial charge in [0.1, 0.15) is 5.56 Å². The Hall–Kier alpha value is -2.90. The molecule has 1 amide bonds. The molecule has 0 unspecified atom stereocenters. The Morgan fingerprint density at radius 2 is 1.70 bits per heavy atom. The first-order valence-electron chi connectivity index (χ1n) is 10.7. The van der Waals surface area contributed by atoms with Crippen molar-refractivity contribution in [3.05, 3.63) is 66.1 Å². The highest BCUT2D eigenvalue weighted by atomic mass is 16.1. The van der Waals surface area contributed by atoms with Gasteiger partial charge in [-0.25, -0.2) is 4.68 Å². The van der Waals surface area contributed by atoms with Gasteiger partial charge in [-0.15, -0.1) is 0 Å². The molecule has 0 aliphatic carbocycles. The quantitative estimate of drug-likeness (QED) is 0.654. The van der Waals surface area contributed by atoms with Crippen LogP contribution in [0.3, 0.4) is 0 Å². The minimum Gasteiger partial charge on any atom is -0.351 e. The normalized spacial score (nSPS) is 15.4. The molecule has 3 heterocycles. The number of hydrogen-bond acceptors (Lipinski definition) is 4. The van der Waals surface area contributed by atoms with Crippen molar-refractivity contribution in [3.8, 4) is 11.5 Å². The van der Waals surface area contributed by atoms with Crippen molar-refractivity contribution < 1.29 is 4.79 Å². The van der Waals surface area contributed by atoms with Gasteiger partial charge >= 0.3 is 0 Å². The first kappa shape index (κ1) is 20.4. The van der Waals surface area contributed by atoms with Gasteiger partial charge in [0.25, 0.3) is 5.91 Å². The van der Waals surface area contributed by atoms with E-state index in [1.54, 1.807) is 6.20 Å². The summed E-state index contributed by atoms with van der Waals surface area (Å²) in [5.74, 6) is 0.655. The number of nitrogens with zero attached hydrogens (tertiary/aromatic N) is 5. The molecule has 0 atom stereocenters. The van der Waals surface area contributed by atoms with Gasteiger partial charge in [0.05, 0.1) is 11.9 Å². The Bertz CT molecular complexity index is 952. The molecule has 2 aromatic heterocycles. The number of aryl methyl sites for hydroxylation is 1. The molecule has 0 radical (unpaired) electrons. The number of likely N-dealkylation sites (N-methyl/N-ethyl adjacent to an activating group) is 1. The highest BCUT2D eigenvalue weighted by molar-refractivity contribution is 5.97. The summed E-state index contributed by atoms with van der Waals surface area (Å²) in [4.78, 5) is 17.9. The lowest BCUT2D eigenvalue weighted by molar-refractivity contribution is 0.0938. The van der Waals surface area contributed by atoms with Gasteiger partial charge in [0.15, 0.2) is 5.82 Å². The van der Waals surface area contributed by atoms with E-state index in [2.05, 4.69) is 46.2 Å². The predicted octanol–water partition coefficient (Wildman–Crippen LogP) is 2.34. The van der Waals surface area contributed by atoms with Gasteiger partial charge in [-0.1, -0.05) is 24.6 Å². The Kier molecular flexibility index (Phi) is 6.30. The molecule has 1 N–H and O–H groups in total. The zero-order valence-electron chi connectivity index (χ0n) is 17.8. The monoisotopic (exact) mass is 406 g/mol.